The minimum absolute atomic E-state index is 0.0373. The molecule has 4 atom stereocenters. The minimum Gasteiger partial charge on any atom is -0.351 e. The Balaban J connectivity index is 1.49. The number of amides is 3. The van der Waals surface area contributed by atoms with Crippen molar-refractivity contribution < 1.29 is 14.4 Å². The number of rotatable bonds is 11. The maximum atomic E-state index is 13.9. The number of aromatic nitrogens is 3. The van der Waals surface area contributed by atoms with Crippen LogP contribution in [0.25, 0.3) is 0 Å². The van der Waals surface area contributed by atoms with Crippen LogP contribution in [0.5, 0.6) is 0 Å². The van der Waals surface area contributed by atoms with Crippen LogP contribution in [-0.2, 0) is 33.8 Å². The van der Waals surface area contributed by atoms with Gasteiger partial charge in [-0.05, 0) is 44.0 Å². The highest BCUT2D eigenvalue weighted by atomic mass is 16.2. The zero-order valence-corrected chi connectivity index (χ0v) is 22.1. The van der Waals surface area contributed by atoms with E-state index in [1.165, 1.54) is 0 Å². The lowest BCUT2D eigenvalue weighted by molar-refractivity contribution is -0.127. The maximum absolute atomic E-state index is 13.9. The Bertz CT molecular complexity index is 1100. The molecule has 37 heavy (non-hydrogen) atoms. The van der Waals surface area contributed by atoms with E-state index >= 15 is 0 Å². The van der Waals surface area contributed by atoms with Gasteiger partial charge in [0.05, 0.1) is 31.0 Å². The number of nitrogens with zero attached hydrogens (tertiary/aromatic N) is 4. The molecule has 0 radical (unpaired) electrons. The molecule has 200 valence electrons. The number of para-hydroxylation sites is 1. The van der Waals surface area contributed by atoms with Crippen molar-refractivity contribution in [3.63, 3.8) is 0 Å². The highest BCUT2D eigenvalue weighted by Crippen LogP contribution is 2.39. The minimum atomic E-state index is -0.622. The molecule has 0 saturated carbocycles. The summed E-state index contributed by atoms with van der Waals surface area (Å²) < 4.78 is 0. The van der Waals surface area contributed by atoms with Gasteiger partial charge in [-0.1, -0.05) is 38.5 Å². The van der Waals surface area contributed by atoms with Crippen molar-refractivity contribution in [2.45, 2.75) is 64.2 Å². The SMILES string of the molecule is CC[C@H](C)[C@@H](CN[C@H]1CCc2cccc3c2N(C1=O)[C@H](C(=O)NCc1cn[nH]n1)C3)NC(=O)CN(C)C. The molecule has 0 saturated heterocycles. The van der Waals surface area contributed by atoms with Crippen LogP contribution in [0.3, 0.4) is 0 Å². The summed E-state index contributed by atoms with van der Waals surface area (Å²) in [6, 6.07) is 4.85. The van der Waals surface area contributed by atoms with Crippen molar-refractivity contribution in [2.75, 3.05) is 32.1 Å². The second-order valence-electron chi connectivity index (χ2n) is 10.3. The van der Waals surface area contributed by atoms with Crippen molar-refractivity contribution in [2.24, 2.45) is 5.92 Å². The van der Waals surface area contributed by atoms with Gasteiger partial charge in [0.25, 0.3) is 0 Å². The Hall–Kier alpha value is -3.31. The first-order chi connectivity index (χ1) is 17.8. The lowest BCUT2D eigenvalue weighted by atomic mass is 9.97. The Kier molecular flexibility index (Phi) is 8.55. The maximum Gasteiger partial charge on any atom is 0.244 e. The molecule has 3 heterocycles. The van der Waals surface area contributed by atoms with E-state index in [1.807, 2.05) is 37.2 Å². The van der Waals surface area contributed by atoms with Crippen LogP contribution in [-0.4, -0.2) is 83.3 Å². The number of hydrogen-bond acceptors (Lipinski definition) is 7. The Morgan fingerprint density at radius 3 is 2.76 bits per heavy atom. The van der Waals surface area contributed by atoms with Crippen molar-refractivity contribution in [1.82, 2.24) is 36.3 Å². The molecule has 1 aromatic carbocycles. The van der Waals surface area contributed by atoms with Gasteiger partial charge in [0, 0.05) is 19.0 Å². The third-order valence-corrected chi connectivity index (χ3v) is 7.34. The van der Waals surface area contributed by atoms with Crippen LogP contribution in [0.2, 0.25) is 0 Å². The third kappa shape index (κ3) is 6.16. The number of hydrogen-bond donors (Lipinski definition) is 4. The molecular formula is C26H38N8O3. The summed E-state index contributed by atoms with van der Waals surface area (Å²) in [6.07, 6.45) is 4.30. The van der Waals surface area contributed by atoms with Crippen LogP contribution < -0.4 is 20.9 Å². The molecule has 0 bridgehead atoms. The highest BCUT2D eigenvalue weighted by molar-refractivity contribution is 6.06. The van der Waals surface area contributed by atoms with Crippen LogP contribution in [0.4, 0.5) is 5.69 Å². The molecule has 2 aromatic rings. The second kappa shape index (κ2) is 11.8. The number of carbonyl (C=O) groups excluding carboxylic acids is 3. The predicted octanol–water partition coefficient (Wildman–Crippen LogP) is 0.376. The molecule has 11 heteroatoms. The third-order valence-electron chi connectivity index (χ3n) is 7.34. The zero-order chi connectivity index (χ0) is 26.5. The van der Waals surface area contributed by atoms with E-state index < -0.39 is 12.1 Å². The fourth-order valence-electron chi connectivity index (χ4n) is 5.12. The lowest BCUT2D eigenvalue weighted by Crippen LogP contribution is -2.56. The number of likely N-dealkylation sites (N-methyl/N-ethyl adjacent to an activating group) is 1. The topological polar surface area (TPSA) is 135 Å². The fourth-order valence-corrected chi connectivity index (χ4v) is 5.12. The largest absolute Gasteiger partial charge is 0.351 e. The van der Waals surface area contributed by atoms with Gasteiger partial charge in [-0.2, -0.15) is 15.4 Å². The summed E-state index contributed by atoms with van der Waals surface area (Å²) in [5.41, 5.74) is 3.59. The predicted molar refractivity (Wildman–Crippen MR) is 140 cm³/mol. The number of anilines is 1. The van der Waals surface area contributed by atoms with E-state index in [1.54, 1.807) is 11.1 Å². The van der Waals surface area contributed by atoms with Gasteiger partial charge < -0.3 is 20.9 Å². The fraction of sp³-hybridized carbons (Fsp3) is 0.577. The Labute approximate surface area is 217 Å². The first-order valence-electron chi connectivity index (χ1n) is 13.0. The van der Waals surface area contributed by atoms with E-state index in [0.717, 1.165) is 29.7 Å². The first kappa shape index (κ1) is 26.7. The van der Waals surface area contributed by atoms with Crippen LogP contribution >= 0.6 is 0 Å². The number of benzene rings is 1. The Morgan fingerprint density at radius 2 is 2.05 bits per heavy atom. The van der Waals surface area contributed by atoms with Gasteiger partial charge in [0.2, 0.25) is 17.7 Å². The van der Waals surface area contributed by atoms with Gasteiger partial charge in [-0.15, -0.1) is 0 Å². The zero-order valence-electron chi connectivity index (χ0n) is 22.1. The molecule has 4 rings (SSSR count). The summed E-state index contributed by atoms with van der Waals surface area (Å²) in [7, 11) is 3.72. The molecule has 0 fully saturated rings. The van der Waals surface area contributed by atoms with Crippen molar-refractivity contribution in [3.05, 3.63) is 41.2 Å². The molecule has 4 N–H and O–H groups in total. The highest BCUT2D eigenvalue weighted by Gasteiger charge is 2.43. The van der Waals surface area contributed by atoms with E-state index in [-0.39, 0.29) is 36.2 Å². The normalized spacial score (nSPS) is 20.4. The second-order valence-corrected chi connectivity index (χ2v) is 10.3. The van der Waals surface area contributed by atoms with E-state index in [2.05, 4.69) is 45.2 Å². The summed E-state index contributed by atoms with van der Waals surface area (Å²) in [6.45, 7) is 5.23. The first-order valence-corrected chi connectivity index (χ1v) is 13.0. The molecule has 2 aliphatic rings. The monoisotopic (exact) mass is 510 g/mol. The standard InChI is InChI=1S/C26H38N8O3/c1-5-16(2)21(30-23(35)15-33(3)4)14-27-20-10-9-17-7-6-8-18-11-22(34(24(17)18)26(20)37)25(36)28-12-19-13-29-32-31-19/h6-8,13,16,20-22,27H,5,9-12,14-15H2,1-4H3,(H,28,36)(H,30,35)(H,29,31,32)/t16-,20-,21+,22-/m0/s1. The molecule has 1 aromatic heterocycles. The summed E-state index contributed by atoms with van der Waals surface area (Å²) in [4.78, 5) is 43.1. The van der Waals surface area contributed by atoms with Crippen LogP contribution in [0.15, 0.2) is 24.4 Å². The molecule has 0 aliphatic carbocycles. The summed E-state index contributed by atoms with van der Waals surface area (Å²) >= 11 is 0. The smallest absolute Gasteiger partial charge is 0.244 e. The van der Waals surface area contributed by atoms with Crippen LogP contribution in [0.1, 0.15) is 43.5 Å². The number of carbonyl (C=O) groups is 3. The average Bonchev–Trinajstić information content (AvgIpc) is 3.50. The number of nitrogens with one attached hydrogen (secondary N) is 4. The molecule has 0 spiro atoms. The van der Waals surface area contributed by atoms with E-state index in [0.29, 0.717) is 31.6 Å². The number of aryl methyl sites for hydroxylation is 1. The lowest BCUT2D eigenvalue weighted by Gasteiger charge is -2.30. The van der Waals surface area contributed by atoms with Crippen molar-refractivity contribution in [3.8, 4) is 0 Å². The van der Waals surface area contributed by atoms with Gasteiger partial charge in [0.15, 0.2) is 0 Å². The Morgan fingerprint density at radius 1 is 1.27 bits per heavy atom. The summed E-state index contributed by atoms with van der Waals surface area (Å²) in [5.74, 6) is -0.116. The van der Waals surface area contributed by atoms with Gasteiger partial charge in [-0.3, -0.25) is 19.3 Å². The molecule has 2 aliphatic heterocycles. The number of aromatic amines is 1. The molecule has 3 amide bonds. The van der Waals surface area contributed by atoms with E-state index in [4.69, 9.17) is 0 Å². The van der Waals surface area contributed by atoms with Gasteiger partial charge in [-0.25, -0.2) is 0 Å². The molecule has 11 nitrogen and oxygen atoms in total. The van der Waals surface area contributed by atoms with Crippen LogP contribution in [0, 0.1) is 5.92 Å². The van der Waals surface area contributed by atoms with Crippen molar-refractivity contribution >= 4 is 23.4 Å². The quantitative estimate of drug-likeness (QED) is 0.343. The van der Waals surface area contributed by atoms with Gasteiger partial charge >= 0.3 is 0 Å². The average molecular weight is 511 g/mol. The summed E-state index contributed by atoms with van der Waals surface area (Å²) in [5, 5.41) is 19.8. The molecule has 0 unspecified atom stereocenters. The van der Waals surface area contributed by atoms with Crippen molar-refractivity contribution in [1.29, 1.82) is 0 Å². The molecular weight excluding hydrogens is 472 g/mol. The van der Waals surface area contributed by atoms with E-state index in [9.17, 15) is 14.4 Å². The van der Waals surface area contributed by atoms with Gasteiger partial charge in [0.1, 0.15) is 11.7 Å². The number of H-pyrrole nitrogens is 1.